The van der Waals surface area contributed by atoms with Crippen molar-refractivity contribution in [1.82, 2.24) is 0 Å². The Balaban J connectivity index is 2.95. The smallest absolute Gasteiger partial charge is 0.405 e. The van der Waals surface area contributed by atoms with Crippen LogP contribution in [0, 0.1) is 0 Å². The van der Waals surface area contributed by atoms with E-state index in [1.54, 1.807) is 24.3 Å². The van der Waals surface area contributed by atoms with E-state index in [1.807, 2.05) is 0 Å². The molecule has 0 bridgehead atoms. The molecular weight excluding hydrogens is 317 g/mol. The van der Waals surface area contributed by atoms with Gasteiger partial charge in [-0.2, -0.15) is 12.6 Å². The molecule has 0 N–H and O–H groups in total. The van der Waals surface area contributed by atoms with Gasteiger partial charge < -0.3 is 4.74 Å². The number of benzene rings is 1. The molecule has 94 valence electrons. The van der Waals surface area contributed by atoms with Gasteiger partial charge in [0.25, 0.3) is 0 Å². The number of allylic oxidation sites excluding steroid dienone is 1. The van der Waals surface area contributed by atoms with Crippen molar-refractivity contribution in [2.24, 2.45) is 0 Å². The molecule has 0 saturated carbocycles. The molecule has 0 aliphatic heterocycles. The second-order valence-corrected chi connectivity index (χ2v) is 4.51. The van der Waals surface area contributed by atoms with E-state index in [4.69, 9.17) is 0 Å². The second-order valence-electron chi connectivity index (χ2n) is 3.14. The molecule has 0 heterocycles. The highest BCUT2D eigenvalue weighted by Crippen LogP contribution is 2.30. The van der Waals surface area contributed by atoms with Crippen LogP contribution in [0.1, 0.15) is 12.0 Å². The number of hydrogen-bond acceptors (Lipinski definition) is 2. The Kier molecular flexibility index (Phi) is 5.39. The monoisotopic (exact) mass is 326 g/mol. The lowest BCUT2D eigenvalue weighted by Crippen LogP contribution is -2.17. The fourth-order valence-electron chi connectivity index (χ4n) is 1.14. The molecule has 0 radical (unpaired) electrons. The van der Waals surface area contributed by atoms with Gasteiger partial charge >= 0.3 is 6.36 Å². The Morgan fingerprint density at radius 3 is 2.65 bits per heavy atom. The summed E-state index contributed by atoms with van der Waals surface area (Å²) in [5.41, 5.74) is 0.382. The first-order valence-corrected chi connectivity index (χ1v) is 6.17. The molecular formula is C11H10BrF3OS. The molecule has 0 aliphatic carbocycles. The van der Waals surface area contributed by atoms with E-state index in [1.165, 1.54) is 6.07 Å². The minimum Gasteiger partial charge on any atom is -0.405 e. The fourth-order valence-corrected chi connectivity index (χ4v) is 1.63. The predicted molar refractivity (Wildman–Crippen MR) is 68.3 cm³/mol. The SMILES string of the molecule is FC(F)(F)Oc1cc(Br)ccc1C=CCCS. The average Bonchev–Trinajstić information content (AvgIpc) is 2.19. The Morgan fingerprint density at radius 2 is 2.06 bits per heavy atom. The van der Waals surface area contributed by atoms with E-state index in [0.29, 0.717) is 22.2 Å². The zero-order valence-electron chi connectivity index (χ0n) is 8.67. The van der Waals surface area contributed by atoms with E-state index in [0.717, 1.165) is 0 Å². The first kappa shape index (κ1) is 14.4. The van der Waals surface area contributed by atoms with Crippen molar-refractivity contribution in [3.05, 3.63) is 34.3 Å². The van der Waals surface area contributed by atoms with Crippen LogP contribution in [0.4, 0.5) is 13.2 Å². The summed E-state index contributed by atoms with van der Waals surface area (Å²) in [5, 5.41) is 0. The molecule has 1 aromatic rings. The van der Waals surface area contributed by atoms with Gasteiger partial charge in [-0.3, -0.25) is 0 Å². The van der Waals surface area contributed by atoms with Crippen LogP contribution < -0.4 is 4.74 Å². The second kappa shape index (κ2) is 6.35. The lowest BCUT2D eigenvalue weighted by atomic mass is 10.2. The van der Waals surface area contributed by atoms with Crippen LogP contribution in [0.3, 0.4) is 0 Å². The molecule has 0 spiro atoms. The molecule has 0 atom stereocenters. The van der Waals surface area contributed by atoms with Gasteiger partial charge in [0.05, 0.1) is 0 Å². The van der Waals surface area contributed by atoms with E-state index in [2.05, 4.69) is 33.3 Å². The highest BCUT2D eigenvalue weighted by molar-refractivity contribution is 9.10. The van der Waals surface area contributed by atoms with Crippen molar-refractivity contribution >= 4 is 34.6 Å². The van der Waals surface area contributed by atoms with E-state index < -0.39 is 6.36 Å². The summed E-state index contributed by atoms with van der Waals surface area (Å²) in [6, 6.07) is 4.50. The van der Waals surface area contributed by atoms with Crippen LogP contribution in [0.15, 0.2) is 28.7 Å². The summed E-state index contributed by atoms with van der Waals surface area (Å²) in [4.78, 5) is 0. The number of alkyl halides is 3. The topological polar surface area (TPSA) is 9.23 Å². The van der Waals surface area contributed by atoms with Gasteiger partial charge in [-0.25, -0.2) is 0 Å². The molecule has 0 saturated heterocycles. The van der Waals surface area contributed by atoms with Gasteiger partial charge in [0.2, 0.25) is 0 Å². The third kappa shape index (κ3) is 5.50. The maximum absolute atomic E-state index is 12.2. The highest BCUT2D eigenvalue weighted by atomic mass is 79.9. The molecule has 1 rings (SSSR count). The zero-order chi connectivity index (χ0) is 12.9. The quantitative estimate of drug-likeness (QED) is 0.790. The Labute approximate surface area is 111 Å². The standard InChI is InChI=1S/C11H10BrF3OS/c12-9-5-4-8(3-1-2-6-17)10(7-9)16-11(13,14)15/h1,3-5,7,17H,2,6H2. The zero-order valence-corrected chi connectivity index (χ0v) is 11.1. The van der Waals surface area contributed by atoms with Gasteiger partial charge in [0, 0.05) is 10.0 Å². The van der Waals surface area contributed by atoms with Crippen molar-refractivity contribution in [2.75, 3.05) is 5.75 Å². The maximum Gasteiger partial charge on any atom is 0.573 e. The normalized spacial score (nSPS) is 12.1. The first-order valence-electron chi connectivity index (χ1n) is 4.75. The molecule has 1 nitrogen and oxygen atoms in total. The van der Waals surface area contributed by atoms with Gasteiger partial charge in [-0.15, -0.1) is 13.2 Å². The van der Waals surface area contributed by atoms with Crippen molar-refractivity contribution in [2.45, 2.75) is 12.8 Å². The van der Waals surface area contributed by atoms with Gasteiger partial charge in [0.1, 0.15) is 5.75 Å². The Morgan fingerprint density at radius 1 is 1.35 bits per heavy atom. The predicted octanol–water partition coefficient (Wildman–Crippen LogP) is 4.68. The minimum absolute atomic E-state index is 0.220. The van der Waals surface area contributed by atoms with Gasteiger partial charge in [-0.1, -0.05) is 34.1 Å². The van der Waals surface area contributed by atoms with Crippen LogP contribution in [0.5, 0.6) is 5.75 Å². The summed E-state index contributed by atoms with van der Waals surface area (Å²) in [7, 11) is 0. The van der Waals surface area contributed by atoms with Crippen molar-refractivity contribution in [3.63, 3.8) is 0 Å². The first-order chi connectivity index (χ1) is 7.92. The largest absolute Gasteiger partial charge is 0.573 e. The molecule has 0 fully saturated rings. The van der Waals surface area contributed by atoms with Crippen molar-refractivity contribution in [3.8, 4) is 5.75 Å². The highest BCUT2D eigenvalue weighted by Gasteiger charge is 2.31. The molecule has 1 aromatic carbocycles. The average molecular weight is 327 g/mol. The Hall–Kier alpha value is -0.620. The molecule has 0 aromatic heterocycles. The van der Waals surface area contributed by atoms with E-state index in [9.17, 15) is 13.2 Å². The van der Waals surface area contributed by atoms with Crippen molar-refractivity contribution < 1.29 is 17.9 Å². The van der Waals surface area contributed by atoms with Crippen molar-refractivity contribution in [1.29, 1.82) is 0 Å². The van der Waals surface area contributed by atoms with Gasteiger partial charge in [0.15, 0.2) is 0 Å². The molecule has 0 aliphatic rings. The van der Waals surface area contributed by atoms with E-state index >= 15 is 0 Å². The summed E-state index contributed by atoms with van der Waals surface area (Å²) in [5.74, 6) is 0.421. The fraction of sp³-hybridized carbons (Fsp3) is 0.273. The van der Waals surface area contributed by atoms with Crippen LogP contribution >= 0.6 is 28.6 Å². The van der Waals surface area contributed by atoms with Gasteiger partial charge in [-0.05, 0) is 24.3 Å². The third-order valence-corrected chi connectivity index (χ3v) is 2.55. The summed E-state index contributed by atoms with van der Waals surface area (Å²) in [6.45, 7) is 0. The number of rotatable bonds is 4. The van der Waals surface area contributed by atoms with Crippen LogP contribution in [0.2, 0.25) is 0 Å². The van der Waals surface area contributed by atoms with Crippen LogP contribution in [-0.4, -0.2) is 12.1 Å². The molecule has 0 amide bonds. The molecule has 0 unspecified atom stereocenters. The van der Waals surface area contributed by atoms with Crippen LogP contribution in [-0.2, 0) is 0 Å². The third-order valence-electron chi connectivity index (χ3n) is 1.79. The number of ether oxygens (including phenoxy) is 1. The summed E-state index contributed by atoms with van der Waals surface area (Å²) in [6.07, 6.45) is -0.666. The summed E-state index contributed by atoms with van der Waals surface area (Å²) < 4.78 is 41.0. The molecule has 6 heteroatoms. The molecule has 17 heavy (non-hydrogen) atoms. The lowest BCUT2D eigenvalue weighted by Gasteiger charge is -2.11. The van der Waals surface area contributed by atoms with Crippen LogP contribution in [0.25, 0.3) is 6.08 Å². The Bertz CT molecular complexity index is 404. The maximum atomic E-state index is 12.2. The number of halogens is 4. The summed E-state index contributed by atoms with van der Waals surface area (Å²) >= 11 is 7.11. The number of thiol groups is 1. The minimum atomic E-state index is -4.69. The lowest BCUT2D eigenvalue weighted by molar-refractivity contribution is -0.274. The van der Waals surface area contributed by atoms with E-state index in [-0.39, 0.29) is 5.75 Å². The number of hydrogen-bond donors (Lipinski definition) is 1.